The molecular formula is C14H13BF9N3. The van der Waals surface area contributed by atoms with Gasteiger partial charge in [-0.1, -0.05) is 18.5 Å². The van der Waals surface area contributed by atoms with Crippen molar-refractivity contribution in [3.8, 4) is 5.69 Å². The molecule has 150 valence electrons. The van der Waals surface area contributed by atoms with Crippen molar-refractivity contribution in [2.24, 2.45) is 5.92 Å². The van der Waals surface area contributed by atoms with Gasteiger partial charge in [0.1, 0.15) is 0 Å². The van der Waals surface area contributed by atoms with Crippen LogP contribution in [0.5, 0.6) is 0 Å². The van der Waals surface area contributed by atoms with Crippen LogP contribution in [0.4, 0.5) is 39.2 Å². The van der Waals surface area contributed by atoms with Crippen LogP contribution >= 0.6 is 0 Å². The molecule has 2 heterocycles. The zero-order valence-electron chi connectivity index (χ0n) is 14.0. The van der Waals surface area contributed by atoms with Crippen LogP contribution in [0.25, 0.3) is 5.69 Å². The summed E-state index contributed by atoms with van der Waals surface area (Å²) in [6.07, 6.45) is 2.70. The standard InChI is InChI=1S/C14H13F5N3.BF4/c1-6(2)7-3-4-8-20-22(5-21(7)8)14-12(18)10(16)9(15)11(17)13(14)19;2-1(3,4)5/h5-7H,3-4H2,1-2H3;/q+1;-1/t7-;/m0./s1. The summed E-state index contributed by atoms with van der Waals surface area (Å²) in [5.41, 5.74) is -1.05. The van der Waals surface area contributed by atoms with Gasteiger partial charge in [-0.25, -0.2) is 17.7 Å². The van der Waals surface area contributed by atoms with Gasteiger partial charge in [-0.15, -0.1) is 0 Å². The summed E-state index contributed by atoms with van der Waals surface area (Å²) in [5.74, 6) is -9.09. The Hall–Kier alpha value is -2.21. The maximum atomic E-state index is 13.8. The zero-order valence-corrected chi connectivity index (χ0v) is 14.0. The summed E-state index contributed by atoms with van der Waals surface area (Å²) < 4.78 is 109. The Morgan fingerprint density at radius 2 is 1.41 bits per heavy atom. The van der Waals surface area contributed by atoms with Crippen molar-refractivity contribution in [3.63, 3.8) is 0 Å². The fraction of sp³-hybridized carbons (Fsp3) is 0.429. The molecule has 0 saturated heterocycles. The van der Waals surface area contributed by atoms with Gasteiger partial charge in [0.05, 0.1) is 6.04 Å². The van der Waals surface area contributed by atoms with Gasteiger partial charge in [-0.3, -0.25) is 0 Å². The highest BCUT2D eigenvalue weighted by atomic mass is 19.5. The first-order chi connectivity index (χ1) is 12.3. The van der Waals surface area contributed by atoms with Crippen LogP contribution in [0.1, 0.15) is 32.1 Å². The summed E-state index contributed by atoms with van der Waals surface area (Å²) in [4.78, 5) is 0. The van der Waals surface area contributed by atoms with Crippen molar-refractivity contribution in [1.29, 1.82) is 0 Å². The predicted octanol–water partition coefficient (Wildman–Crippen LogP) is 4.30. The molecule has 1 atom stereocenters. The van der Waals surface area contributed by atoms with Crippen LogP contribution in [0.3, 0.4) is 0 Å². The summed E-state index contributed by atoms with van der Waals surface area (Å²) in [6, 6.07) is 0.0880. The normalized spacial score (nSPS) is 16.4. The van der Waals surface area contributed by atoms with Gasteiger partial charge < -0.3 is 17.3 Å². The van der Waals surface area contributed by atoms with Crippen molar-refractivity contribution in [1.82, 2.24) is 9.78 Å². The molecule has 0 N–H and O–H groups in total. The van der Waals surface area contributed by atoms with Gasteiger partial charge in [-0.05, 0) is 12.3 Å². The van der Waals surface area contributed by atoms with Crippen molar-refractivity contribution >= 4 is 7.25 Å². The lowest BCUT2D eigenvalue weighted by molar-refractivity contribution is -0.723. The second-order valence-corrected chi connectivity index (χ2v) is 6.15. The smallest absolute Gasteiger partial charge is 0.418 e. The average Bonchev–Trinajstić information content (AvgIpc) is 3.09. The molecule has 0 bridgehead atoms. The number of hydrogen-bond donors (Lipinski definition) is 0. The largest absolute Gasteiger partial charge is 0.673 e. The molecule has 1 aliphatic rings. The van der Waals surface area contributed by atoms with Gasteiger partial charge in [-0.2, -0.15) is 8.78 Å². The molecule has 0 amide bonds. The van der Waals surface area contributed by atoms with Gasteiger partial charge >= 0.3 is 7.25 Å². The average molecular weight is 405 g/mol. The summed E-state index contributed by atoms with van der Waals surface area (Å²) in [5, 5.41) is 3.97. The van der Waals surface area contributed by atoms with E-state index in [1.165, 1.54) is 6.33 Å². The van der Waals surface area contributed by atoms with Crippen molar-refractivity contribution in [2.75, 3.05) is 0 Å². The SMILES string of the molecule is CC(C)[C@@H]1CCc2nn(-c3c(F)c(F)c(F)c(F)c3F)c[n+]21.F[B-](F)(F)F. The van der Waals surface area contributed by atoms with Crippen molar-refractivity contribution < 1.29 is 43.8 Å². The Morgan fingerprint density at radius 1 is 0.963 bits per heavy atom. The summed E-state index contributed by atoms with van der Waals surface area (Å²) in [7, 11) is -6.00. The van der Waals surface area contributed by atoms with Crippen LogP contribution < -0.4 is 4.57 Å². The van der Waals surface area contributed by atoms with E-state index in [0.717, 1.165) is 11.1 Å². The Bertz CT molecular complexity index is 812. The third-order valence-corrected chi connectivity index (χ3v) is 3.96. The number of aryl methyl sites for hydroxylation is 1. The molecule has 1 aromatic heterocycles. The first-order valence-corrected chi connectivity index (χ1v) is 7.71. The molecule has 3 rings (SSSR count). The van der Waals surface area contributed by atoms with E-state index in [1.54, 1.807) is 4.57 Å². The van der Waals surface area contributed by atoms with E-state index in [4.69, 9.17) is 0 Å². The van der Waals surface area contributed by atoms with Gasteiger partial charge in [0, 0.05) is 11.5 Å². The molecular weight excluding hydrogens is 392 g/mol. The van der Waals surface area contributed by atoms with E-state index in [0.29, 0.717) is 12.2 Å². The maximum Gasteiger partial charge on any atom is 0.673 e. The lowest BCUT2D eigenvalue weighted by Gasteiger charge is -2.12. The molecule has 0 fully saturated rings. The second-order valence-electron chi connectivity index (χ2n) is 6.15. The molecule has 27 heavy (non-hydrogen) atoms. The number of halogens is 9. The van der Waals surface area contributed by atoms with E-state index < -0.39 is 42.0 Å². The number of rotatable bonds is 2. The Kier molecular flexibility index (Phi) is 5.81. The quantitative estimate of drug-likeness (QED) is 0.240. The number of nitrogens with zero attached hydrogens (tertiary/aromatic N) is 3. The van der Waals surface area contributed by atoms with E-state index in [9.17, 15) is 39.2 Å². The minimum absolute atomic E-state index is 0.0880. The lowest BCUT2D eigenvalue weighted by atomic mass is 10.0. The Balaban J connectivity index is 0.000000465. The van der Waals surface area contributed by atoms with Crippen molar-refractivity contribution in [2.45, 2.75) is 32.7 Å². The van der Waals surface area contributed by atoms with Gasteiger partial charge in [0.2, 0.25) is 41.1 Å². The molecule has 1 aromatic carbocycles. The lowest BCUT2D eigenvalue weighted by Crippen LogP contribution is -2.39. The van der Waals surface area contributed by atoms with E-state index >= 15 is 0 Å². The van der Waals surface area contributed by atoms with E-state index in [-0.39, 0.29) is 12.0 Å². The molecule has 0 unspecified atom stereocenters. The fourth-order valence-corrected chi connectivity index (χ4v) is 2.82. The molecule has 0 spiro atoms. The van der Waals surface area contributed by atoms with Crippen molar-refractivity contribution in [3.05, 3.63) is 41.2 Å². The summed E-state index contributed by atoms with van der Waals surface area (Å²) in [6.45, 7) is 3.98. The molecule has 0 radical (unpaired) electrons. The van der Waals surface area contributed by atoms with Crippen LogP contribution in [-0.2, 0) is 6.42 Å². The van der Waals surface area contributed by atoms with Crippen LogP contribution in [0, 0.1) is 35.0 Å². The molecule has 3 nitrogen and oxygen atoms in total. The molecule has 0 saturated carbocycles. The molecule has 1 aliphatic heterocycles. The third-order valence-electron chi connectivity index (χ3n) is 3.96. The van der Waals surface area contributed by atoms with E-state index in [2.05, 4.69) is 5.10 Å². The minimum Gasteiger partial charge on any atom is -0.418 e. The number of benzene rings is 1. The maximum absolute atomic E-state index is 13.8. The highest BCUT2D eigenvalue weighted by Crippen LogP contribution is 2.28. The Labute approximate surface area is 147 Å². The highest BCUT2D eigenvalue weighted by molar-refractivity contribution is 6.50. The number of hydrogen-bond acceptors (Lipinski definition) is 1. The second kappa shape index (κ2) is 7.43. The van der Waals surface area contributed by atoms with Crippen LogP contribution in [0.15, 0.2) is 6.33 Å². The van der Waals surface area contributed by atoms with Crippen LogP contribution in [0.2, 0.25) is 0 Å². The topological polar surface area (TPSA) is 21.7 Å². The number of aromatic nitrogens is 3. The zero-order chi connectivity index (χ0) is 20.7. The van der Waals surface area contributed by atoms with E-state index in [1.807, 2.05) is 13.8 Å². The predicted molar refractivity (Wildman–Crippen MR) is 75.9 cm³/mol. The van der Waals surface area contributed by atoms with Gasteiger partial charge in [0.15, 0.2) is 0 Å². The van der Waals surface area contributed by atoms with Gasteiger partial charge in [0.25, 0.3) is 5.82 Å². The molecule has 13 heteroatoms. The highest BCUT2D eigenvalue weighted by Gasteiger charge is 2.37. The molecule has 0 aliphatic carbocycles. The first-order valence-electron chi connectivity index (χ1n) is 7.71. The molecule has 2 aromatic rings. The monoisotopic (exact) mass is 405 g/mol. The Morgan fingerprint density at radius 3 is 1.85 bits per heavy atom. The summed E-state index contributed by atoms with van der Waals surface area (Å²) >= 11 is 0. The minimum atomic E-state index is -6.00. The van der Waals surface area contributed by atoms with Crippen LogP contribution in [-0.4, -0.2) is 17.0 Å². The number of fused-ring (bicyclic) bond motifs is 1. The first kappa shape index (κ1) is 21.1. The third kappa shape index (κ3) is 4.38. The fourth-order valence-electron chi connectivity index (χ4n) is 2.82.